The first-order valence-corrected chi connectivity index (χ1v) is 13.3. The van der Waals surface area contributed by atoms with Gasteiger partial charge in [0.25, 0.3) is 0 Å². The number of fused-ring (bicyclic) bond motifs is 3. The van der Waals surface area contributed by atoms with Gasteiger partial charge in [0.2, 0.25) is 0 Å². The van der Waals surface area contributed by atoms with Crippen LogP contribution < -0.4 is 23.8 Å². The van der Waals surface area contributed by atoms with Crippen LogP contribution in [0.4, 0.5) is 5.69 Å². The van der Waals surface area contributed by atoms with Crippen molar-refractivity contribution in [2.45, 2.75) is 12.0 Å². The molecule has 4 aromatic rings. The molecule has 1 atom stereocenters. The van der Waals surface area contributed by atoms with Crippen molar-refractivity contribution in [3.8, 4) is 23.0 Å². The van der Waals surface area contributed by atoms with Gasteiger partial charge in [-0.2, -0.15) is 0 Å². The normalized spacial score (nSPS) is 18.4. The lowest BCUT2D eigenvalue weighted by Gasteiger charge is -2.38. The fourth-order valence-corrected chi connectivity index (χ4v) is 5.65. The fourth-order valence-electron chi connectivity index (χ4n) is 5.65. The number of morpholine rings is 1. The second kappa shape index (κ2) is 10.5. The van der Waals surface area contributed by atoms with Crippen molar-refractivity contribution in [2.24, 2.45) is 0 Å². The second-order valence-electron chi connectivity index (χ2n) is 9.87. The number of ether oxygens (including phenoxy) is 5. The van der Waals surface area contributed by atoms with Crippen LogP contribution in [0.1, 0.15) is 16.7 Å². The molecule has 1 unspecified atom stereocenters. The zero-order valence-corrected chi connectivity index (χ0v) is 22.6. The van der Waals surface area contributed by atoms with Crippen LogP contribution >= 0.6 is 0 Å². The highest BCUT2D eigenvalue weighted by Crippen LogP contribution is 2.47. The number of hydrogen-bond acceptors (Lipinski definition) is 6. The summed E-state index contributed by atoms with van der Waals surface area (Å²) in [5.41, 5.74) is 3.51. The molecule has 1 fully saturated rings. The molecule has 0 bridgehead atoms. The zero-order valence-electron chi connectivity index (χ0n) is 22.6. The summed E-state index contributed by atoms with van der Waals surface area (Å²) in [6.45, 7) is 3.14. The van der Waals surface area contributed by atoms with Gasteiger partial charge in [0.15, 0.2) is 5.60 Å². The van der Waals surface area contributed by atoms with Crippen LogP contribution in [-0.4, -0.2) is 47.6 Å². The number of benzene rings is 4. The number of methoxy groups -OCH3 is 3. The number of rotatable bonds is 7. The van der Waals surface area contributed by atoms with E-state index in [9.17, 15) is 0 Å². The van der Waals surface area contributed by atoms with E-state index in [0.29, 0.717) is 12.2 Å². The average Bonchev–Trinajstić information content (AvgIpc) is 3.01. The highest BCUT2D eigenvalue weighted by molar-refractivity contribution is 6.02. The first-order valence-electron chi connectivity index (χ1n) is 13.3. The van der Waals surface area contributed by atoms with Crippen molar-refractivity contribution in [3.05, 3.63) is 95.6 Å². The fraction of sp³-hybridized carbons (Fsp3) is 0.273. The van der Waals surface area contributed by atoms with Crippen molar-refractivity contribution < 1.29 is 23.7 Å². The molecule has 2 aliphatic rings. The van der Waals surface area contributed by atoms with E-state index in [2.05, 4.69) is 59.5 Å². The van der Waals surface area contributed by atoms with E-state index in [4.69, 9.17) is 23.7 Å². The van der Waals surface area contributed by atoms with E-state index in [1.165, 1.54) is 16.5 Å². The Morgan fingerprint density at radius 2 is 1.51 bits per heavy atom. The zero-order chi connectivity index (χ0) is 26.8. The smallest absolute Gasteiger partial charge is 0.160 e. The highest BCUT2D eigenvalue weighted by Gasteiger charge is 2.39. The molecule has 0 saturated carbocycles. The summed E-state index contributed by atoms with van der Waals surface area (Å²) in [5, 5.41) is 2.39. The molecule has 1 saturated heterocycles. The summed E-state index contributed by atoms with van der Waals surface area (Å²) in [4.78, 5) is 2.40. The maximum atomic E-state index is 7.12. The predicted octanol–water partition coefficient (Wildman–Crippen LogP) is 6.25. The Bertz CT molecular complexity index is 1510. The molecule has 0 N–H and O–H groups in total. The minimum absolute atomic E-state index is 0.606. The molecule has 2 heterocycles. The first-order chi connectivity index (χ1) is 19.1. The van der Waals surface area contributed by atoms with Gasteiger partial charge in [0.1, 0.15) is 23.0 Å². The van der Waals surface area contributed by atoms with Gasteiger partial charge in [0.05, 0.1) is 34.5 Å². The van der Waals surface area contributed by atoms with Crippen LogP contribution in [-0.2, 0) is 16.8 Å². The van der Waals surface area contributed by atoms with Gasteiger partial charge < -0.3 is 28.6 Å². The minimum atomic E-state index is -0.802. The summed E-state index contributed by atoms with van der Waals surface area (Å²) in [6.07, 6.45) is 4.98. The van der Waals surface area contributed by atoms with Crippen LogP contribution in [0.5, 0.6) is 23.0 Å². The molecule has 4 aromatic carbocycles. The highest BCUT2D eigenvalue weighted by atomic mass is 16.5. The number of anilines is 1. The van der Waals surface area contributed by atoms with Gasteiger partial charge in [-0.15, -0.1) is 0 Å². The Morgan fingerprint density at radius 3 is 2.23 bits per heavy atom. The standard InChI is InChI=1S/C33H33NO5/c1-35-24-10-8-23(9-11-24)22-33(29-13-12-25(36-2)20-32(29)37-3)15-14-28-26-6-4-5-7-27(26)30(21-31(28)39-33)34-16-18-38-19-17-34/h4-15,20-21H,16-19,22H2,1-3H3. The van der Waals surface area contributed by atoms with Gasteiger partial charge in [-0.25, -0.2) is 0 Å². The van der Waals surface area contributed by atoms with Crippen molar-refractivity contribution >= 4 is 22.5 Å². The predicted molar refractivity (Wildman–Crippen MR) is 155 cm³/mol. The summed E-state index contributed by atoms with van der Waals surface area (Å²) >= 11 is 0. The largest absolute Gasteiger partial charge is 0.497 e. The topological polar surface area (TPSA) is 49.4 Å². The molecule has 200 valence electrons. The number of hydrogen-bond donors (Lipinski definition) is 0. The average molecular weight is 524 g/mol. The Labute approximate surface area is 229 Å². The molecular weight excluding hydrogens is 490 g/mol. The van der Waals surface area contributed by atoms with E-state index in [1.54, 1.807) is 21.3 Å². The molecule has 0 spiro atoms. The van der Waals surface area contributed by atoms with E-state index in [0.717, 1.165) is 60.2 Å². The van der Waals surface area contributed by atoms with E-state index >= 15 is 0 Å². The third kappa shape index (κ3) is 4.66. The first kappa shape index (κ1) is 25.1. The van der Waals surface area contributed by atoms with Crippen LogP contribution in [0, 0.1) is 0 Å². The van der Waals surface area contributed by atoms with Gasteiger partial charge in [0, 0.05) is 53.8 Å². The summed E-state index contributed by atoms with van der Waals surface area (Å²) in [5.74, 6) is 3.12. The minimum Gasteiger partial charge on any atom is -0.497 e. The Kier molecular flexibility index (Phi) is 6.79. The lowest BCUT2D eigenvalue weighted by molar-refractivity contribution is 0.113. The lowest BCUT2D eigenvalue weighted by atomic mass is 9.83. The van der Waals surface area contributed by atoms with Crippen LogP contribution in [0.25, 0.3) is 16.8 Å². The quantitative estimate of drug-likeness (QED) is 0.286. The number of nitrogens with zero attached hydrogens (tertiary/aromatic N) is 1. The Balaban J connectivity index is 1.51. The lowest BCUT2D eigenvalue weighted by Crippen LogP contribution is -2.37. The summed E-state index contributed by atoms with van der Waals surface area (Å²) in [7, 11) is 5.02. The molecule has 2 aliphatic heterocycles. The Morgan fingerprint density at radius 1 is 0.795 bits per heavy atom. The summed E-state index contributed by atoms with van der Waals surface area (Å²) in [6, 6.07) is 24.8. The Hall–Kier alpha value is -4.16. The van der Waals surface area contributed by atoms with Crippen molar-refractivity contribution in [1.82, 2.24) is 0 Å². The van der Waals surface area contributed by atoms with Crippen molar-refractivity contribution in [3.63, 3.8) is 0 Å². The molecule has 0 aromatic heterocycles. The molecule has 0 radical (unpaired) electrons. The van der Waals surface area contributed by atoms with Gasteiger partial charge in [-0.1, -0.05) is 42.5 Å². The third-order valence-electron chi connectivity index (χ3n) is 7.68. The maximum absolute atomic E-state index is 7.12. The van der Waals surface area contributed by atoms with Crippen LogP contribution in [0.15, 0.2) is 78.9 Å². The van der Waals surface area contributed by atoms with Gasteiger partial charge in [-0.05, 0) is 41.3 Å². The van der Waals surface area contributed by atoms with Crippen molar-refractivity contribution in [1.29, 1.82) is 0 Å². The molecule has 6 heteroatoms. The molecular formula is C33H33NO5. The van der Waals surface area contributed by atoms with Gasteiger partial charge in [-0.3, -0.25) is 0 Å². The van der Waals surface area contributed by atoms with Crippen LogP contribution in [0.3, 0.4) is 0 Å². The maximum Gasteiger partial charge on any atom is 0.160 e. The SMILES string of the molecule is COc1ccc(CC2(c3ccc(OC)cc3OC)C=Cc3c(cc(N4CCOCC4)c4ccccc34)O2)cc1. The van der Waals surface area contributed by atoms with E-state index in [1.807, 2.05) is 30.3 Å². The molecule has 0 aliphatic carbocycles. The molecule has 6 nitrogen and oxygen atoms in total. The van der Waals surface area contributed by atoms with E-state index < -0.39 is 5.60 Å². The van der Waals surface area contributed by atoms with Gasteiger partial charge >= 0.3 is 0 Å². The van der Waals surface area contributed by atoms with Crippen LogP contribution in [0.2, 0.25) is 0 Å². The van der Waals surface area contributed by atoms with Crippen molar-refractivity contribution in [2.75, 3.05) is 52.5 Å². The monoisotopic (exact) mass is 523 g/mol. The molecule has 6 rings (SSSR count). The third-order valence-corrected chi connectivity index (χ3v) is 7.68. The molecule has 39 heavy (non-hydrogen) atoms. The molecule has 0 amide bonds. The van der Waals surface area contributed by atoms with E-state index in [-0.39, 0.29) is 0 Å². The summed E-state index contributed by atoms with van der Waals surface area (Å²) < 4.78 is 29.5. The second-order valence-corrected chi connectivity index (χ2v) is 9.87.